The van der Waals surface area contributed by atoms with E-state index in [0.29, 0.717) is 11.3 Å². The normalized spacial score (nSPS) is 13.1. The van der Waals surface area contributed by atoms with Crippen molar-refractivity contribution in [2.24, 2.45) is 0 Å². The molecule has 0 aliphatic rings. The van der Waals surface area contributed by atoms with Gasteiger partial charge in [0.15, 0.2) is 6.10 Å². The number of nitrogens with one attached hydrogen (secondary N) is 2. The third-order valence-corrected chi connectivity index (χ3v) is 5.02. The minimum atomic E-state index is -1.00. The molecule has 0 radical (unpaired) electrons. The number of carbonyl (C=O) groups is 3. The Hall–Kier alpha value is -3.15. The Morgan fingerprint density at radius 1 is 0.935 bits per heavy atom. The summed E-state index contributed by atoms with van der Waals surface area (Å²) in [6.07, 6.45) is -1.00. The number of carbonyl (C=O) groups excluding carboxylic acids is 3. The Morgan fingerprint density at radius 3 is 2.10 bits per heavy atom. The standard InChI is InChI=1S/C25H32N2O4/c1-15-8-13-21(16(2)14-15)27-22(28)18(4)31-24(30)17(3)26-23(29)19-9-11-20(12-10-19)25(5,6)7/h8-14,17-18H,1-7H3,(H,26,29)(H,27,28)/t17-,18+/m0/s1. The fraction of sp³-hybridized carbons (Fsp3) is 0.400. The van der Waals surface area contributed by atoms with Gasteiger partial charge < -0.3 is 15.4 Å². The molecule has 2 N–H and O–H groups in total. The van der Waals surface area contributed by atoms with Crippen LogP contribution < -0.4 is 10.6 Å². The third-order valence-electron chi connectivity index (χ3n) is 5.02. The topological polar surface area (TPSA) is 84.5 Å². The molecule has 0 heterocycles. The number of anilines is 1. The van der Waals surface area contributed by atoms with E-state index in [-0.39, 0.29) is 11.3 Å². The van der Waals surface area contributed by atoms with Gasteiger partial charge in [-0.15, -0.1) is 0 Å². The summed E-state index contributed by atoms with van der Waals surface area (Å²) in [5.74, 6) is -1.49. The summed E-state index contributed by atoms with van der Waals surface area (Å²) >= 11 is 0. The van der Waals surface area contributed by atoms with E-state index in [4.69, 9.17) is 4.74 Å². The Bertz CT molecular complexity index is 958. The first-order valence-corrected chi connectivity index (χ1v) is 10.4. The van der Waals surface area contributed by atoms with Gasteiger partial charge in [-0.1, -0.05) is 50.6 Å². The van der Waals surface area contributed by atoms with Crippen molar-refractivity contribution >= 4 is 23.5 Å². The molecule has 0 saturated carbocycles. The van der Waals surface area contributed by atoms with E-state index in [1.54, 1.807) is 12.1 Å². The Kier molecular flexibility index (Phi) is 7.60. The van der Waals surface area contributed by atoms with Gasteiger partial charge in [-0.25, -0.2) is 4.79 Å². The molecule has 2 aromatic carbocycles. The van der Waals surface area contributed by atoms with Gasteiger partial charge in [0.25, 0.3) is 11.8 Å². The van der Waals surface area contributed by atoms with Crippen molar-refractivity contribution in [1.29, 1.82) is 0 Å². The lowest BCUT2D eigenvalue weighted by Crippen LogP contribution is -2.42. The van der Waals surface area contributed by atoms with Crippen LogP contribution in [0.1, 0.15) is 61.7 Å². The zero-order chi connectivity index (χ0) is 23.3. The quantitative estimate of drug-likeness (QED) is 0.678. The molecule has 0 aromatic heterocycles. The molecular weight excluding hydrogens is 392 g/mol. The van der Waals surface area contributed by atoms with Crippen LogP contribution in [0.15, 0.2) is 42.5 Å². The molecule has 6 nitrogen and oxygen atoms in total. The van der Waals surface area contributed by atoms with Gasteiger partial charge in [0.1, 0.15) is 6.04 Å². The van der Waals surface area contributed by atoms with Crippen molar-refractivity contribution in [2.75, 3.05) is 5.32 Å². The highest BCUT2D eigenvalue weighted by Crippen LogP contribution is 2.22. The maximum absolute atomic E-state index is 12.4. The molecule has 2 rings (SSSR count). The number of ether oxygens (including phenoxy) is 1. The van der Waals surface area contributed by atoms with Crippen molar-refractivity contribution in [1.82, 2.24) is 5.32 Å². The van der Waals surface area contributed by atoms with E-state index in [0.717, 1.165) is 16.7 Å². The van der Waals surface area contributed by atoms with E-state index in [9.17, 15) is 14.4 Å². The van der Waals surface area contributed by atoms with Gasteiger partial charge in [-0.2, -0.15) is 0 Å². The number of amides is 2. The number of rotatable bonds is 6. The zero-order valence-electron chi connectivity index (χ0n) is 19.3. The highest BCUT2D eigenvalue weighted by atomic mass is 16.5. The zero-order valence-corrected chi connectivity index (χ0v) is 19.3. The minimum absolute atomic E-state index is 0.0140. The summed E-state index contributed by atoms with van der Waals surface area (Å²) in [4.78, 5) is 37.2. The first-order valence-electron chi connectivity index (χ1n) is 10.4. The summed E-state index contributed by atoms with van der Waals surface area (Å²) < 4.78 is 5.24. The Morgan fingerprint density at radius 2 is 1.55 bits per heavy atom. The molecule has 0 spiro atoms. The van der Waals surface area contributed by atoms with Crippen LogP contribution in [0, 0.1) is 13.8 Å². The summed E-state index contributed by atoms with van der Waals surface area (Å²) in [5, 5.41) is 5.38. The lowest BCUT2D eigenvalue weighted by Gasteiger charge is -2.20. The number of esters is 1. The second-order valence-electron chi connectivity index (χ2n) is 8.91. The van der Waals surface area contributed by atoms with Gasteiger partial charge >= 0.3 is 5.97 Å². The van der Waals surface area contributed by atoms with Crippen molar-refractivity contribution in [3.05, 3.63) is 64.7 Å². The Labute approximate surface area is 184 Å². The summed E-state index contributed by atoms with van der Waals surface area (Å²) in [6, 6.07) is 12.0. The van der Waals surface area contributed by atoms with Crippen LogP contribution in [0.25, 0.3) is 0 Å². The molecular formula is C25H32N2O4. The predicted octanol–water partition coefficient (Wildman–Crippen LogP) is 4.29. The number of hydrogen-bond acceptors (Lipinski definition) is 4. The average molecular weight is 425 g/mol. The van der Waals surface area contributed by atoms with Crippen molar-refractivity contribution in [2.45, 2.75) is 66.0 Å². The molecule has 166 valence electrons. The number of benzene rings is 2. The first kappa shape index (κ1) is 24.1. The van der Waals surface area contributed by atoms with Crippen LogP contribution >= 0.6 is 0 Å². The summed E-state index contributed by atoms with van der Waals surface area (Å²) in [5.41, 5.74) is 4.23. The highest BCUT2D eigenvalue weighted by Gasteiger charge is 2.24. The van der Waals surface area contributed by atoms with Crippen LogP contribution in [-0.4, -0.2) is 29.9 Å². The van der Waals surface area contributed by atoms with Crippen LogP contribution in [-0.2, 0) is 19.7 Å². The van der Waals surface area contributed by atoms with Crippen molar-refractivity contribution < 1.29 is 19.1 Å². The van der Waals surface area contributed by atoms with E-state index in [1.165, 1.54) is 13.8 Å². The van der Waals surface area contributed by atoms with Gasteiger partial charge in [0, 0.05) is 11.3 Å². The minimum Gasteiger partial charge on any atom is -0.451 e. The fourth-order valence-corrected chi connectivity index (χ4v) is 2.98. The lowest BCUT2D eigenvalue weighted by atomic mass is 9.86. The third kappa shape index (κ3) is 6.67. The monoisotopic (exact) mass is 424 g/mol. The molecule has 0 bridgehead atoms. The first-order chi connectivity index (χ1) is 14.4. The van der Waals surface area contributed by atoms with Crippen LogP contribution in [0.4, 0.5) is 5.69 Å². The Balaban J connectivity index is 1.92. The van der Waals surface area contributed by atoms with Crippen LogP contribution in [0.3, 0.4) is 0 Å². The van der Waals surface area contributed by atoms with Crippen molar-refractivity contribution in [3.8, 4) is 0 Å². The second kappa shape index (κ2) is 9.77. The molecule has 2 amide bonds. The molecule has 31 heavy (non-hydrogen) atoms. The van der Waals surface area contributed by atoms with E-state index in [1.807, 2.05) is 44.2 Å². The smallest absolute Gasteiger partial charge is 0.329 e. The molecule has 0 aliphatic heterocycles. The molecule has 0 aliphatic carbocycles. The molecule has 6 heteroatoms. The van der Waals surface area contributed by atoms with Gasteiger partial charge in [0.2, 0.25) is 0 Å². The molecule has 2 atom stereocenters. The molecule has 0 fully saturated rings. The summed E-state index contributed by atoms with van der Waals surface area (Å²) in [7, 11) is 0. The maximum Gasteiger partial charge on any atom is 0.329 e. The highest BCUT2D eigenvalue weighted by molar-refractivity contribution is 5.98. The lowest BCUT2D eigenvalue weighted by molar-refractivity contribution is -0.154. The van der Waals surface area contributed by atoms with E-state index >= 15 is 0 Å². The van der Waals surface area contributed by atoms with E-state index in [2.05, 4.69) is 31.4 Å². The number of aryl methyl sites for hydroxylation is 2. The average Bonchev–Trinajstić information content (AvgIpc) is 2.69. The predicted molar refractivity (Wildman–Crippen MR) is 122 cm³/mol. The van der Waals surface area contributed by atoms with Gasteiger partial charge in [-0.05, 0) is 62.4 Å². The second-order valence-corrected chi connectivity index (χ2v) is 8.91. The van der Waals surface area contributed by atoms with Gasteiger partial charge in [0.05, 0.1) is 0 Å². The number of hydrogen-bond donors (Lipinski definition) is 2. The molecule has 0 unspecified atom stereocenters. The molecule has 2 aromatic rings. The maximum atomic E-state index is 12.4. The van der Waals surface area contributed by atoms with Crippen molar-refractivity contribution in [3.63, 3.8) is 0 Å². The SMILES string of the molecule is Cc1ccc(NC(=O)[C@@H](C)OC(=O)[C@H](C)NC(=O)c2ccc(C(C)(C)C)cc2)c(C)c1. The van der Waals surface area contributed by atoms with E-state index < -0.39 is 24.0 Å². The van der Waals surface area contributed by atoms with Gasteiger partial charge in [-0.3, -0.25) is 9.59 Å². The van der Waals surface area contributed by atoms with Crippen LogP contribution in [0.2, 0.25) is 0 Å². The fourth-order valence-electron chi connectivity index (χ4n) is 2.98. The summed E-state index contributed by atoms with van der Waals surface area (Å²) in [6.45, 7) is 13.2. The van der Waals surface area contributed by atoms with Crippen LogP contribution in [0.5, 0.6) is 0 Å². The largest absolute Gasteiger partial charge is 0.451 e. The molecule has 0 saturated heterocycles.